The van der Waals surface area contributed by atoms with Crippen LogP contribution in [0.4, 0.5) is 13.2 Å². The van der Waals surface area contributed by atoms with E-state index in [1.54, 1.807) is 0 Å². The number of hydrogen-bond acceptors (Lipinski definition) is 0. The molecule has 15 heavy (non-hydrogen) atoms. The van der Waals surface area contributed by atoms with E-state index < -0.39 is 22.8 Å². The van der Waals surface area contributed by atoms with E-state index in [-0.39, 0.29) is 11.5 Å². The minimum atomic E-state index is -1.46. The largest absolute Gasteiger partial charge is 0.204 e. The second-order valence-corrected chi connectivity index (χ2v) is 4.39. The maximum atomic E-state index is 13.3. The monoisotopic (exact) mass is 236 g/mol. The zero-order chi connectivity index (χ0) is 11.6. The fourth-order valence-electron chi connectivity index (χ4n) is 1.32. The van der Waals surface area contributed by atoms with Gasteiger partial charge in [0.1, 0.15) is 0 Å². The van der Waals surface area contributed by atoms with Crippen molar-refractivity contribution < 1.29 is 13.2 Å². The molecular formula is C11H12ClF3. The van der Waals surface area contributed by atoms with E-state index in [1.165, 1.54) is 6.07 Å². The first kappa shape index (κ1) is 12.4. The van der Waals surface area contributed by atoms with Gasteiger partial charge in [-0.2, -0.15) is 0 Å². The summed E-state index contributed by atoms with van der Waals surface area (Å²) >= 11 is 5.90. The second kappa shape index (κ2) is 4.88. The molecule has 0 aromatic heterocycles. The fraction of sp³-hybridized carbons (Fsp3) is 0.455. The molecule has 0 aliphatic heterocycles. The minimum Gasteiger partial charge on any atom is -0.204 e. The van der Waals surface area contributed by atoms with Crippen LogP contribution in [0.5, 0.6) is 0 Å². The lowest BCUT2D eigenvalue weighted by Gasteiger charge is -2.13. The summed E-state index contributed by atoms with van der Waals surface area (Å²) in [7, 11) is 0. The topological polar surface area (TPSA) is 0 Å². The molecular weight excluding hydrogens is 225 g/mol. The predicted molar refractivity (Wildman–Crippen MR) is 54.4 cm³/mol. The summed E-state index contributed by atoms with van der Waals surface area (Å²) in [4.78, 5) is 0. The van der Waals surface area contributed by atoms with E-state index in [0.717, 1.165) is 6.07 Å². The summed E-state index contributed by atoms with van der Waals surface area (Å²) in [6, 6.07) is 2.08. The molecule has 1 rings (SSSR count). The van der Waals surface area contributed by atoms with Crippen molar-refractivity contribution in [3.05, 3.63) is 35.1 Å². The molecule has 0 spiro atoms. The van der Waals surface area contributed by atoms with Gasteiger partial charge in [-0.15, -0.1) is 11.6 Å². The Morgan fingerprint density at radius 2 is 1.73 bits per heavy atom. The van der Waals surface area contributed by atoms with E-state index in [2.05, 4.69) is 0 Å². The molecule has 0 amide bonds. The fourth-order valence-corrected chi connectivity index (χ4v) is 1.85. The molecule has 1 aromatic carbocycles. The number of rotatable bonds is 3. The van der Waals surface area contributed by atoms with Crippen molar-refractivity contribution in [3.63, 3.8) is 0 Å². The molecule has 0 radical (unpaired) electrons. The third-order valence-corrected chi connectivity index (χ3v) is 2.49. The highest BCUT2D eigenvalue weighted by molar-refractivity contribution is 6.20. The molecule has 0 fully saturated rings. The maximum Gasteiger partial charge on any atom is 0.194 e. The molecule has 0 bridgehead atoms. The molecule has 0 aliphatic carbocycles. The third-order valence-electron chi connectivity index (χ3n) is 2.08. The SMILES string of the molecule is CC(C)CC(Cl)c1ccc(F)c(F)c1F. The standard InChI is InChI=1S/C11H12ClF3/c1-6(2)5-8(12)7-3-4-9(13)11(15)10(7)14/h3-4,6,8H,5H2,1-2H3. The number of benzene rings is 1. The normalized spacial score (nSPS) is 13.3. The highest BCUT2D eigenvalue weighted by Gasteiger charge is 2.19. The van der Waals surface area contributed by atoms with Crippen LogP contribution in [0.25, 0.3) is 0 Å². The zero-order valence-electron chi connectivity index (χ0n) is 8.53. The van der Waals surface area contributed by atoms with Crippen LogP contribution in [-0.4, -0.2) is 0 Å². The first-order valence-electron chi connectivity index (χ1n) is 4.71. The quantitative estimate of drug-likeness (QED) is 0.538. The van der Waals surface area contributed by atoms with Crippen LogP contribution in [0.2, 0.25) is 0 Å². The second-order valence-electron chi connectivity index (χ2n) is 3.86. The smallest absolute Gasteiger partial charge is 0.194 e. The average molecular weight is 237 g/mol. The summed E-state index contributed by atoms with van der Waals surface area (Å²) in [5, 5.41) is -0.625. The number of halogens is 4. The van der Waals surface area contributed by atoms with Gasteiger partial charge >= 0.3 is 0 Å². The Morgan fingerprint density at radius 1 is 1.13 bits per heavy atom. The van der Waals surface area contributed by atoms with Gasteiger partial charge in [-0.25, -0.2) is 13.2 Å². The Bertz CT molecular complexity index is 350. The molecule has 1 unspecified atom stereocenters. The Balaban J connectivity index is 3.00. The summed E-state index contributed by atoms with van der Waals surface area (Å²) in [6.45, 7) is 3.85. The van der Waals surface area contributed by atoms with Gasteiger partial charge in [0.2, 0.25) is 0 Å². The van der Waals surface area contributed by atoms with Crippen molar-refractivity contribution in [1.82, 2.24) is 0 Å². The number of alkyl halides is 1. The van der Waals surface area contributed by atoms with E-state index in [9.17, 15) is 13.2 Å². The van der Waals surface area contributed by atoms with Gasteiger partial charge in [0.15, 0.2) is 17.5 Å². The Hall–Kier alpha value is -0.700. The van der Waals surface area contributed by atoms with Crippen molar-refractivity contribution in [2.24, 2.45) is 5.92 Å². The van der Waals surface area contributed by atoms with Crippen molar-refractivity contribution in [1.29, 1.82) is 0 Å². The average Bonchev–Trinajstić information content (AvgIpc) is 2.13. The van der Waals surface area contributed by atoms with Crippen LogP contribution in [0.1, 0.15) is 31.2 Å². The van der Waals surface area contributed by atoms with Crippen LogP contribution < -0.4 is 0 Å². The van der Waals surface area contributed by atoms with E-state index in [0.29, 0.717) is 6.42 Å². The van der Waals surface area contributed by atoms with E-state index in [4.69, 9.17) is 11.6 Å². The van der Waals surface area contributed by atoms with Crippen LogP contribution >= 0.6 is 11.6 Å². The summed E-state index contributed by atoms with van der Waals surface area (Å²) < 4.78 is 38.8. The molecule has 1 atom stereocenters. The molecule has 0 heterocycles. The van der Waals surface area contributed by atoms with Gasteiger partial charge in [-0.1, -0.05) is 19.9 Å². The molecule has 0 nitrogen and oxygen atoms in total. The van der Waals surface area contributed by atoms with Gasteiger partial charge in [-0.05, 0) is 18.4 Å². The Labute approximate surface area is 92.1 Å². The molecule has 84 valence electrons. The lowest BCUT2D eigenvalue weighted by atomic mass is 10.0. The van der Waals surface area contributed by atoms with E-state index in [1.807, 2.05) is 13.8 Å². The Kier molecular flexibility index (Phi) is 4.03. The molecule has 4 heteroatoms. The van der Waals surface area contributed by atoms with Gasteiger partial charge in [0.05, 0.1) is 5.38 Å². The molecule has 0 saturated heterocycles. The van der Waals surface area contributed by atoms with Gasteiger partial charge in [0, 0.05) is 5.56 Å². The van der Waals surface area contributed by atoms with Crippen molar-refractivity contribution in [2.75, 3.05) is 0 Å². The van der Waals surface area contributed by atoms with Crippen LogP contribution in [0.3, 0.4) is 0 Å². The first-order valence-corrected chi connectivity index (χ1v) is 5.14. The first-order chi connectivity index (χ1) is 6.93. The van der Waals surface area contributed by atoms with Gasteiger partial charge in [0.25, 0.3) is 0 Å². The molecule has 0 saturated carbocycles. The number of hydrogen-bond donors (Lipinski definition) is 0. The molecule has 0 N–H and O–H groups in total. The van der Waals surface area contributed by atoms with Crippen molar-refractivity contribution in [2.45, 2.75) is 25.6 Å². The third kappa shape index (κ3) is 2.88. The lowest BCUT2D eigenvalue weighted by Crippen LogP contribution is -2.02. The summed E-state index contributed by atoms with van der Waals surface area (Å²) in [5.74, 6) is -3.57. The van der Waals surface area contributed by atoms with Gasteiger partial charge < -0.3 is 0 Å². The highest BCUT2D eigenvalue weighted by atomic mass is 35.5. The molecule has 1 aromatic rings. The predicted octanol–water partition coefficient (Wildman–Crippen LogP) is 4.43. The van der Waals surface area contributed by atoms with E-state index >= 15 is 0 Å². The van der Waals surface area contributed by atoms with Crippen LogP contribution in [0, 0.1) is 23.4 Å². The maximum absolute atomic E-state index is 13.3. The van der Waals surface area contributed by atoms with Gasteiger partial charge in [-0.3, -0.25) is 0 Å². The molecule has 0 aliphatic rings. The van der Waals surface area contributed by atoms with Crippen molar-refractivity contribution in [3.8, 4) is 0 Å². The zero-order valence-corrected chi connectivity index (χ0v) is 9.28. The van der Waals surface area contributed by atoms with Crippen LogP contribution in [0.15, 0.2) is 12.1 Å². The lowest BCUT2D eigenvalue weighted by molar-refractivity contribution is 0.436. The Morgan fingerprint density at radius 3 is 2.27 bits per heavy atom. The van der Waals surface area contributed by atoms with Crippen LogP contribution in [-0.2, 0) is 0 Å². The van der Waals surface area contributed by atoms with Crippen molar-refractivity contribution >= 4 is 11.6 Å². The minimum absolute atomic E-state index is 0.0178. The summed E-state index contributed by atoms with van der Waals surface area (Å²) in [6.07, 6.45) is 0.517. The highest BCUT2D eigenvalue weighted by Crippen LogP contribution is 2.31. The summed E-state index contributed by atoms with van der Waals surface area (Å²) in [5.41, 5.74) is 0.0178.